The Hall–Kier alpha value is -1.29. The highest BCUT2D eigenvalue weighted by Crippen LogP contribution is 2.26. The summed E-state index contributed by atoms with van der Waals surface area (Å²) in [5, 5.41) is 26.2. The monoisotopic (exact) mass is 158 g/mol. The third-order valence-electron chi connectivity index (χ3n) is 1.36. The Balaban J connectivity index is 3.29. The van der Waals surface area contributed by atoms with E-state index in [0.29, 0.717) is 0 Å². The molecule has 3 N–H and O–H groups in total. The molecule has 4 heteroatoms. The van der Waals surface area contributed by atoms with Gasteiger partial charge < -0.3 is 15.3 Å². The van der Waals surface area contributed by atoms with Gasteiger partial charge in [-0.1, -0.05) is 0 Å². The maximum Gasteiger partial charge on any atom is 0.174 e. The van der Waals surface area contributed by atoms with Gasteiger partial charge in [0.25, 0.3) is 0 Å². The Labute approximate surface area is 62.3 Å². The summed E-state index contributed by atoms with van der Waals surface area (Å²) in [6.45, 7) is -0.633. The van der Waals surface area contributed by atoms with Crippen LogP contribution in [0.5, 0.6) is 11.5 Å². The summed E-state index contributed by atoms with van der Waals surface area (Å²) in [6.07, 6.45) is 0. The van der Waals surface area contributed by atoms with Crippen molar-refractivity contribution in [1.29, 1.82) is 0 Å². The SMILES string of the molecule is OCc1c(O)ccc(O)c1F. The standard InChI is InChI=1S/C7H7FO3/c8-7-4(3-9)5(10)1-2-6(7)11/h1-2,9-11H,3H2. The van der Waals surface area contributed by atoms with Gasteiger partial charge in [0.05, 0.1) is 12.2 Å². The maximum atomic E-state index is 12.7. The number of benzene rings is 1. The van der Waals surface area contributed by atoms with Crippen LogP contribution in [-0.4, -0.2) is 15.3 Å². The minimum Gasteiger partial charge on any atom is -0.507 e. The van der Waals surface area contributed by atoms with Crippen molar-refractivity contribution >= 4 is 0 Å². The smallest absolute Gasteiger partial charge is 0.174 e. The number of halogens is 1. The van der Waals surface area contributed by atoms with Gasteiger partial charge in [0.15, 0.2) is 11.6 Å². The lowest BCUT2D eigenvalue weighted by atomic mass is 10.2. The Morgan fingerprint density at radius 2 is 1.73 bits per heavy atom. The van der Waals surface area contributed by atoms with Crippen LogP contribution in [0.25, 0.3) is 0 Å². The molecule has 0 spiro atoms. The minimum atomic E-state index is -0.979. The molecule has 0 aliphatic heterocycles. The van der Waals surface area contributed by atoms with Gasteiger partial charge >= 0.3 is 0 Å². The Morgan fingerprint density at radius 1 is 1.18 bits per heavy atom. The number of phenolic OH excluding ortho intramolecular Hbond substituents is 1. The van der Waals surface area contributed by atoms with Gasteiger partial charge in [-0.3, -0.25) is 0 Å². The maximum absolute atomic E-state index is 12.7. The van der Waals surface area contributed by atoms with Crippen molar-refractivity contribution in [3.05, 3.63) is 23.5 Å². The molecule has 0 saturated heterocycles. The quantitative estimate of drug-likeness (QED) is 0.528. The second-order valence-corrected chi connectivity index (χ2v) is 2.05. The second kappa shape index (κ2) is 2.75. The molecule has 0 unspecified atom stereocenters. The Bertz CT molecular complexity index is 273. The third kappa shape index (κ3) is 1.25. The van der Waals surface area contributed by atoms with Crippen molar-refractivity contribution in [2.24, 2.45) is 0 Å². The third-order valence-corrected chi connectivity index (χ3v) is 1.36. The van der Waals surface area contributed by atoms with Crippen molar-refractivity contribution in [3.8, 4) is 11.5 Å². The second-order valence-electron chi connectivity index (χ2n) is 2.05. The fourth-order valence-electron chi connectivity index (χ4n) is 0.749. The van der Waals surface area contributed by atoms with Crippen molar-refractivity contribution in [2.45, 2.75) is 6.61 Å². The number of aromatic hydroxyl groups is 2. The van der Waals surface area contributed by atoms with Gasteiger partial charge in [-0.05, 0) is 12.1 Å². The van der Waals surface area contributed by atoms with Gasteiger partial charge in [-0.2, -0.15) is 0 Å². The summed E-state index contributed by atoms with van der Waals surface area (Å²) >= 11 is 0. The van der Waals surface area contributed by atoms with Crippen LogP contribution in [0.4, 0.5) is 4.39 Å². The zero-order chi connectivity index (χ0) is 8.43. The topological polar surface area (TPSA) is 60.7 Å². The van der Waals surface area contributed by atoms with Crippen LogP contribution < -0.4 is 0 Å². The van der Waals surface area contributed by atoms with E-state index in [-0.39, 0.29) is 11.3 Å². The summed E-state index contributed by atoms with van der Waals surface area (Å²) in [7, 11) is 0. The molecule has 0 amide bonds. The normalized spacial score (nSPS) is 10.0. The summed E-state index contributed by atoms with van der Waals surface area (Å²) in [6, 6.07) is 2.13. The average Bonchev–Trinajstić information content (AvgIpc) is 1.99. The van der Waals surface area contributed by atoms with Gasteiger partial charge in [-0.15, -0.1) is 0 Å². The lowest BCUT2D eigenvalue weighted by molar-refractivity contribution is 0.266. The van der Waals surface area contributed by atoms with Crippen molar-refractivity contribution in [1.82, 2.24) is 0 Å². The lowest BCUT2D eigenvalue weighted by Gasteiger charge is -2.02. The number of aliphatic hydroxyl groups excluding tert-OH is 1. The molecule has 1 rings (SSSR count). The van der Waals surface area contributed by atoms with Crippen LogP contribution in [0.2, 0.25) is 0 Å². The lowest BCUT2D eigenvalue weighted by Crippen LogP contribution is -1.90. The highest BCUT2D eigenvalue weighted by atomic mass is 19.1. The van der Waals surface area contributed by atoms with Crippen molar-refractivity contribution in [3.63, 3.8) is 0 Å². The van der Waals surface area contributed by atoms with Crippen LogP contribution in [0.1, 0.15) is 5.56 Å². The fraction of sp³-hybridized carbons (Fsp3) is 0.143. The largest absolute Gasteiger partial charge is 0.507 e. The molecule has 1 aromatic rings. The van der Waals surface area contributed by atoms with Gasteiger partial charge in [-0.25, -0.2) is 4.39 Å². The van der Waals surface area contributed by atoms with Crippen LogP contribution in [-0.2, 0) is 6.61 Å². The van der Waals surface area contributed by atoms with E-state index in [1.165, 1.54) is 0 Å². The van der Waals surface area contributed by atoms with Crippen LogP contribution in [0.15, 0.2) is 12.1 Å². The molecule has 0 fully saturated rings. The number of aliphatic hydroxyl groups is 1. The molecule has 0 bridgehead atoms. The first-order valence-electron chi connectivity index (χ1n) is 2.97. The predicted octanol–water partition coefficient (Wildman–Crippen LogP) is 0.729. The molecule has 0 aromatic heterocycles. The fourth-order valence-corrected chi connectivity index (χ4v) is 0.749. The molecule has 0 saturated carbocycles. The highest BCUT2D eigenvalue weighted by Gasteiger charge is 2.10. The van der Waals surface area contributed by atoms with E-state index in [4.69, 9.17) is 15.3 Å². The van der Waals surface area contributed by atoms with Gasteiger partial charge in [0.1, 0.15) is 5.75 Å². The van der Waals surface area contributed by atoms with E-state index in [2.05, 4.69) is 0 Å². The number of phenols is 2. The molecular formula is C7H7FO3. The Kier molecular flexibility index (Phi) is 1.96. The van der Waals surface area contributed by atoms with Gasteiger partial charge in [0.2, 0.25) is 0 Å². The first-order chi connectivity index (χ1) is 5.16. The molecule has 3 nitrogen and oxygen atoms in total. The molecule has 60 valence electrons. The molecule has 0 heterocycles. The first-order valence-corrected chi connectivity index (χ1v) is 2.97. The Morgan fingerprint density at radius 3 is 2.18 bits per heavy atom. The molecule has 0 atom stereocenters. The summed E-state index contributed by atoms with van der Waals surface area (Å²) in [5.74, 6) is -1.91. The van der Waals surface area contributed by atoms with Crippen LogP contribution >= 0.6 is 0 Å². The molecule has 0 aliphatic carbocycles. The number of rotatable bonds is 1. The van der Waals surface area contributed by atoms with E-state index >= 15 is 0 Å². The predicted molar refractivity (Wildman–Crippen MR) is 35.7 cm³/mol. The van der Waals surface area contributed by atoms with Crippen LogP contribution in [0, 0.1) is 5.82 Å². The number of hydrogen-bond acceptors (Lipinski definition) is 3. The zero-order valence-electron chi connectivity index (χ0n) is 5.58. The summed E-state index contributed by atoms with van der Waals surface area (Å²) < 4.78 is 12.7. The number of hydrogen-bond donors (Lipinski definition) is 3. The summed E-state index contributed by atoms with van der Waals surface area (Å²) in [4.78, 5) is 0. The molecular weight excluding hydrogens is 151 g/mol. The molecule has 1 aromatic carbocycles. The zero-order valence-corrected chi connectivity index (χ0v) is 5.58. The van der Waals surface area contributed by atoms with Gasteiger partial charge in [0, 0.05) is 0 Å². The van der Waals surface area contributed by atoms with E-state index in [0.717, 1.165) is 12.1 Å². The van der Waals surface area contributed by atoms with Crippen molar-refractivity contribution < 1.29 is 19.7 Å². The summed E-state index contributed by atoms with van der Waals surface area (Å²) in [5.41, 5.74) is -0.287. The van der Waals surface area contributed by atoms with Crippen molar-refractivity contribution in [2.75, 3.05) is 0 Å². The molecule has 0 aliphatic rings. The highest BCUT2D eigenvalue weighted by molar-refractivity contribution is 5.39. The van der Waals surface area contributed by atoms with E-state index in [9.17, 15) is 4.39 Å². The minimum absolute atomic E-state index is 0.287. The first kappa shape index (κ1) is 7.81. The van der Waals surface area contributed by atoms with Crippen LogP contribution in [0.3, 0.4) is 0 Å². The van der Waals surface area contributed by atoms with E-state index in [1.54, 1.807) is 0 Å². The average molecular weight is 158 g/mol. The van der Waals surface area contributed by atoms with E-state index < -0.39 is 18.2 Å². The molecule has 11 heavy (non-hydrogen) atoms. The van der Waals surface area contributed by atoms with E-state index in [1.807, 2.05) is 0 Å². The molecule has 0 radical (unpaired) electrons.